The summed E-state index contributed by atoms with van der Waals surface area (Å²) in [5.41, 5.74) is 2.79. The summed E-state index contributed by atoms with van der Waals surface area (Å²) in [6.45, 7) is 3.93. The third-order valence-electron chi connectivity index (χ3n) is 3.20. The summed E-state index contributed by atoms with van der Waals surface area (Å²) in [6, 6.07) is 15.1. The number of rotatable bonds is 5. The normalized spacial score (nSPS) is 12.1. The summed E-state index contributed by atoms with van der Waals surface area (Å²) in [5, 5.41) is 0. The van der Waals surface area contributed by atoms with Gasteiger partial charge in [-0.25, -0.2) is 0 Å². The number of Topliss-reactive ketones (excluding diaryl/α,β-unsaturated/α-hetero) is 1. The lowest BCUT2D eigenvalue weighted by molar-refractivity contribution is 0.0989. The zero-order valence-electron chi connectivity index (χ0n) is 11.8. The molecule has 20 heavy (non-hydrogen) atoms. The molecule has 1 atom stereocenters. The number of carbonyl (C=O) groups excluding carboxylic acids is 1. The van der Waals surface area contributed by atoms with Gasteiger partial charge in [-0.3, -0.25) is 9.00 Å². The van der Waals surface area contributed by atoms with Gasteiger partial charge in [-0.2, -0.15) is 0 Å². The van der Waals surface area contributed by atoms with Crippen molar-refractivity contribution in [2.75, 3.05) is 5.75 Å². The summed E-state index contributed by atoms with van der Waals surface area (Å²) in [7, 11) is -1.12. The monoisotopic (exact) mass is 286 g/mol. The summed E-state index contributed by atoms with van der Waals surface area (Å²) < 4.78 is 12.3. The highest BCUT2D eigenvalue weighted by Crippen LogP contribution is 2.16. The van der Waals surface area contributed by atoms with Crippen molar-refractivity contribution in [3.63, 3.8) is 0 Å². The molecule has 1 unspecified atom stereocenters. The van der Waals surface area contributed by atoms with Gasteiger partial charge >= 0.3 is 0 Å². The minimum Gasteiger partial charge on any atom is -0.294 e. The molecule has 2 nitrogen and oxygen atoms in total. The van der Waals surface area contributed by atoms with Crippen LogP contribution in [-0.2, 0) is 10.8 Å². The summed E-state index contributed by atoms with van der Waals surface area (Å²) in [6.07, 6.45) is 0.310. The molecule has 0 bridgehead atoms. The van der Waals surface area contributed by atoms with Crippen LogP contribution < -0.4 is 0 Å². The summed E-state index contributed by atoms with van der Waals surface area (Å²) in [4.78, 5) is 12.8. The Kier molecular flexibility index (Phi) is 4.85. The molecule has 0 heterocycles. The smallest absolute Gasteiger partial charge is 0.163 e. The highest BCUT2D eigenvalue weighted by atomic mass is 32.2. The van der Waals surface area contributed by atoms with Gasteiger partial charge in [0, 0.05) is 22.6 Å². The van der Waals surface area contributed by atoms with E-state index in [9.17, 15) is 9.00 Å². The van der Waals surface area contributed by atoms with E-state index >= 15 is 0 Å². The number of ketones is 1. The lowest BCUT2D eigenvalue weighted by Gasteiger charge is -2.07. The maximum atomic E-state index is 12.3. The van der Waals surface area contributed by atoms with E-state index in [2.05, 4.69) is 0 Å². The molecule has 0 saturated heterocycles. The van der Waals surface area contributed by atoms with Crippen molar-refractivity contribution < 1.29 is 9.00 Å². The van der Waals surface area contributed by atoms with E-state index in [0.717, 1.165) is 16.0 Å². The first-order valence-corrected chi connectivity index (χ1v) is 7.93. The van der Waals surface area contributed by atoms with Crippen molar-refractivity contribution >= 4 is 16.6 Å². The number of hydrogen-bond acceptors (Lipinski definition) is 2. The predicted molar refractivity (Wildman–Crippen MR) is 82.6 cm³/mol. The highest BCUT2D eigenvalue weighted by Gasteiger charge is 2.11. The van der Waals surface area contributed by atoms with Crippen LogP contribution in [0.4, 0.5) is 0 Å². The second-order valence-electron chi connectivity index (χ2n) is 4.86. The third-order valence-corrected chi connectivity index (χ3v) is 4.70. The molecule has 2 aromatic carbocycles. The second kappa shape index (κ2) is 6.62. The van der Waals surface area contributed by atoms with Crippen molar-refractivity contribution in [3.05, 3.63) is 65.2 Å². The van der Waals surface area contributed by atoms with Crippen molar-refractivity contribution in [2.45, 2.75) is 25.2 Å². The van der Waals surface area contributed by atoms with E-state index < -0.39 is 10.8 Å². The average Bonchev–Trinajstić information content (AvgIpc) is 2.47. The fraction of sp³-hybridized carbons (Fsp3) is 0.235. The molecule has 0 amide bonds. The van der Waals surface area contributed by atoms with Crippen LogP contribution in [0.1, 0.15) is 27.9 Å². The van der Waals surface area contributed by atoms with Gasteiger partial charge in [0.25, 0.3) is 0 Å². The molecule has 0 fully saturated rings. The summed E-state index contributed by atoms with van der Waals surface area (Å²) in [5.74, 6) is 0.419. The molecule has 0 aliphatic rings. The fourth-order valence-electron chi connectivity index (χ4n) is 2.02. The van der Waals surface area contributed by atoms with Crippen LogP contribution in [0.2, 0.25) is 0 Å². The Bertz CT molecular complexity index is 633. The zero-order chi connectivity index (χ0) is 14.5. The van der Waals surface area contributed by atoms with Crippen LogP contribution in [-0.4, -0.2) is 15.7 Å². The molecule has 104 valence electrons. The van der Waals surface area contributed by atoms with E-state index in [-0.39, 0.29) is 5.78 Å². The Morgan fingerprint density at radius 3 is 2.45 bits per heavy atom. The molecular formula is C17H18O2S. The van der Waals surface area contributed by atoms with Crippen LogP contribution in [0.25, 0.3) is 0 Å². The minimum absolute atomic E-state index is 0.0456. The molecule has 2 rings (SSSR count). The van der Waals surface area contributed by atoms with E-state index in [4.69, 9.17) is 0 Å². The van der Waals surface area contributed by atoms with E-state index in [1.165, 1.54) is 0 Å². The Morgan fingerprint density at radius 1 is 1.05 bits per heavy atom. The lowest BCUT2D eigenvalue weighted by atomic mass is 10.1. The van der Waals surface area contributed by atoms with Gasteiger partial charge in [0.05, 0.1) is 10.8 Å². The molecular weight excluding hydrogens is 268 g/mol. The van der Waals surface area contributed by atoms with Crippen molar-refractivity contribution in [1.82, 2.24) is 0 Å². The largest absolute Gasteiger partial charge is 0.294 e. The fourth-order valence-corrected chi connectivity index (χ4v) is 3.35. The van der Waals surface area contributed by atoms with Crippen LogP contribution in [0.15, 0.2) is 53.4 Å². The third kappa shape index (κ3) is 3.64. The van der Waals surface area contributed by atoms with Crippen molar-refractivity contribution in [2.24, 2.45) is 0 Å². The quantitative estimate of drug-likeness (QED) is 0.786. The molecule has 2 aromatic rings. The standard InChI is InChI=1S/C17H18O2S/c1-13-8-9-14(2)17(12-13)20(19)11-10-16(18)15-6-4-3-5-7-15/h3-9,12H,10-11H2,1-2H3. The number of hydrogen-bond donors (Lipinski definition) is 0. The Balaban J connectivity index is 2.02. The SMILES string of the molecule is Cc1ccc(C)c(S(=O)CCC(=O)c2ccccc2)c1. The Labute approximate surface area is 122 Å². The van der Waals surface area contributed by atoms with Gasteiger partial charge < -0.3 is 0 Å². The Morgan fingerprint density at radius 2 is 1.75 bits per heavy atom. The average molecular weight is 286 g/mol. The molecule has 0 N–H and O–H groups in total. The van der Waals surface area contributed by atoms with Crippen LogP contribution >= 0.6 is 0 Å². The molecule has 3 heteroatoms. The van der Waals surface area contributed by atoms with Gasteiger partial charge in [-0.05, 0) is 31.0 Å². The lowest BCUT2D eigenvalue weighted by Crippen LogP contribution is -2.07. The van der Waals surface area contributed by atoms with Crippen molar-refractivity contribution in [1.29, 1.82) is 0 Å². The molecule has 0 spiro atoms. The number of aryl methyl sites for hydroxylation is 2. The zero-order valence-corrected chi connectivity index (χ0v) is 12.6. The predicted octanol–water partition coefficient (Wildman–Crippen LogP) is 3.68. The van der Waals surface area contributed by atoms with Gasteiger partial charge in [0.15, 0.2) is 5.78 Å². The first kappa shape index (κ1) is 14.7. The minimum atomic E-state index is -1.12. The van der Waals surface area contributed by atoms with Crippen LogP contribution in [0, 0.1) is 13.8 Å². The first-order valence-electron chi connectivity index (χ1n) is 6.62. The first-order chi connectivity index (χ1) is 9.58. The molecule has 0 saturated carbocycles. The molecule has 0 aliphatic heterocycles. The number of benzene rings is 2. The molecule has 0 radical (unpaired) electrons. The molecule has 0 aliphatic carbocycles. The van der Waals surface area contributed by atoms with E-state index in [1.807, 2.05) is 50.2 Å². The van der Waals surface area contributed by atoms with Gasteiger partial charge in [0.2, 0.25) is 0 Å². The van der Waals surface area contributed by atoms with E-state index in [0.29, 0.717) is 17.7 Å². The van der Waals surface area contributed by atoms with Gasteiger partial charge in [-0.1, -0.05) is 42.5 Å². The summed E-state index contributed by atoms with van der Waals surface area (Å²) >= 11 is 0. The van der Waals surface area contributed by atoms with E-state index in [1.54, 1.807) is 12.1 Å². The Hall–Kier alpha value is -1.74. The topological polar surface area (TPSA) is 34.1 Å². The molecule has 0 aromatic heterocycles. The maximum Gasteiger partial charge on any atom is 0.163 e. The van der Waals surface area contributed by atoms with Gasteiger partial charge in [0.1, 0.15) is 0 Å². The van der Waals surface area contributed by atoms with Crippen LogP contribution in [0.5, 0.6) is 0 Å². The maximum absolute atomic E-state index is 12.3. The van der Waals surface area contributed by atoms with Crippen molar-refractivity contribution in [3.8, 4) is 0 Å². The second-order valence-corrected chi connectivity index (χ2v) is 6.40. The highest BCUT2D eigenvalue weighted by molar-refractivity contribution is 7.85. The van der Waals surface area contributed by atoms with Crippen LogP contribution in [0.3, 0.4) is 0 Å². The number of carbonyl (C=O) groups is 1. The van der Waals surface area contributed by atoms with Gasteiger partial charge in [-0.15, -0.1) is 0 Å².